The van der Waals surface area contributed by atoms with Crippen LogP contribution in [0, 0.1) is 6.57 Å². The lowest BCUT2D eigenvalue weighted by molar-refractivity contribution is 0.417. The summed E-state index contributed by atoms with van der Waals surface area (Å²) in [7, 11) is 3.29. The van der Waals surface area contributed by atoms with Gasteiger partial charge in [-0.05, 0) is 29.8 Å². The molecule has 4 rings (SSSR count). The van der Waals surface area contributed by atoms with Gasteiger partial charge in [0.05, 0.1) is 36.7 Å². The number of H-pyrrole nitrogens is 1. The van der Waals surface area contributed by atoms with Crippen molar-refractivity contribution in [2.75, 3.05) is 7.11 Å². The van der Waals surface area contributed by atoms with Gasteiger partial charge in [-0.2, -0.15) is 10.2 Å². The van der Waals surface area contributed by atoms with Crippen LogP contribution in [0.3, 0.4) is 0 Å². The molecule has 0 atom stereocenters. The Labute approximate surface area is 176 Å². The van der Waals surface area contributed by atoms with Gasteiger partial charge in [-0.25, -0.2) is 9.94 Å². The highest BCUT2D eigenvalue weighted by atomic mass is 35.5. The minimum Gasteiger partial charge on any atom is -0.508 e. The van der Waals surface area contributed by atoms with E-state index in [1.807, 2.05) is 12.1 Å². The Morgan fingerprint density at radius 1 is 1.27 bits per heavy atom. The highest BCUT2D eigenvalue weighted by molar-refractivity contribution is 6.31. The Hall–Kier alpha value is -3.67. The lowest BCUT2D eigenvalue weighted by Gasteiger charge is -2.13. The van der Waals surface area contributed by atoms with Crippen molar-refractivity contribution in [2.24, 2.45) is 12.8 Å². The molecule has 0 bridgehead atoms. The fraction of sp³-hybridized carbons (Fsp3) is 0.143. The summed E-state index contributed by atoms with van der Waals surface area (Å²) < 4.78 is 7.03. The predicted octanol–water partition coefficient (Wildman–Crippen LogP) is 3.66. The topological polar surface area (TPSA) is 103 Å². The van der Waals surface area contributed by atoms with Crippen LogP contribution < -0.4 is 16.0 Å². The number of benzene rings is 2. The average Bonchev–Trinajstić information content (AvgIpc) is 3.14. The van der Waals surface area contributed by atoms with Gasteiger partial charge >= 0.3 is 0 Å². The highest BCUT2D eigenvalue weighted by Crippen LogP contribution is 2.44. The number of nitrogens with zero attached hydrogens (tertiary/aromatic N) is 4. The third-order valence-corrected chi connectivity index (χ3v) is 5.16. The molecular formula is C21H17ClN6O2. The van der Waals surface area contributed by atoms with Crippen molar-refractivity contribution >= 4 is 28.1 Å². The SMILES string of the molecule is [C-]#[N+]c1c(OC)cc(Cl)cc1-c1c(-c2ccc3c(=O)[nH]nc(CN)c3c2)cnn1C. The van der Waals surface area contributed by atoms with Crippen LogP contribution in [0.1, 0.15) is 5.69 Å². The zero-order chi connectivity index (χ0) is 21.4. The highest BCUT2D eigenvalue weighted by Gasteiger charge is 2.21. The van der Waals surface area contributed by atoms with Gasteiger partial charge in [-0.15, -0.1) is 0 Å². The molecule has 2 aromatic heterocycles. The van der Waals surface area contributed by atoms with E-state index in [4.69, 9.17) is 28.6 Å². The second kappa shape index (κ2) is 7.63. The summed E-state index contributed by atoms with van der Waals surface area (Å²) in [5.74, 6) is 0.388. The third kappa shape index (κ3) is 3.10. The largest absolute Gasteiger partial charge is 0.508 e. The summed E-state index contributed by atoms with van der Waals surface area (Å²) in [6.07, 6.45) is 1.71. The van der Waals surface area contributed by atoms with Crippen molar-refractivity contribution in [1.29, 1.82) is 0 Å². The fourth-order valence-corrected chi connectivity index (χ4v) is 3.74. The van der Waals surface area contributed by atoms with Crippen LogP contribution in [0.15, 0.2) is 41.3 Å². The minimum atomic E-state index is -0.282. The van der Waals surface area contributed by atoms with E-state index in [1.54, 1.807) is 36.1 Å². The van der Waals surface area contributed by atoms with Crippen molar-refractivity contribution in [1.82, 2.24) is 20.0 Å². The van der Waals surface area contributed by atoms with Gasteiger partial charge in [-0.1, -0.05) is 17.7 Å². The zero-order valence-electron chi connectivity index (χ0n) is 16.2. The van der Waals surface area contributed by atoms with Gasteiger partial charge in [0.25, 0.3) is 5.56 Å². The minimum absolute atomic E-state index is 0.185. The summed E-state index contributed by atoms with van der Waals surface area (Å²) in [4.78, 5) is 15.8. The fourth-order valence-electron chi connectivity index (χ4n) is 3.54. The zero-order valence-corrected chi connectivity index (χ0v) is 17.0. The molecular weight excluding hydrogens is 404 g/mol. The summed E-state index contributed by atoms with van der Waals surface area (Å²) in [6, 6.07) is 8.75. The van der Waals surface area contributed by atoms with E-state index < -0.39 is 0 Å². The second-order valence-corrected chi connectivity index (χ2v) is 7.05. The number of nitrogens with one attached hydrogen (secondary N) is 1. The lowest BCUT2D eigenvalue weighted by atomic mass is 9.97. The molecule has 0 aliphatic heterocycles. The van der Waals surface area contributed by atoms with Crippen LogP contribution in [0.2, 0.25) is 5.02 Å². The van der Waals surface area contributed by atoms with Crippen molar-refractivity contribution in [2.45, 2.75) is 6.54 Å². The third-order valence-electron chi connectivity index (χ3n) is 4.94. The van der Waals surface area contributed by atoms with Crippen molar-refractivity contribution < 1.29 is 4.74 Å². The molecule has 0 unspecified atom stereocenters. The Bertz CT molecular complexity index is 1380. The van der Waals surface area contributed by atoms with Gasteiger partial charge in [0.1, 0.15) is 5.75 Å². The molecule has 2 heterocycles. The Kier molecular flexibility index (Phi) is 4.99. The average molecular weight is 421 g/mol. The smallest absolute Gasteiger partial charge is 0.272 e. The molecule has 0 spiro atoms. The first-order valence-electron chi connectivity index (χ1n) is 8.97. The maximum absolute atomic E-state index is 12.1. The van der Waals surface area contributed by atoms with Crippen LogP contribution in [0.25, 0.3) is 38.0 Å². The molecule has 9 heteroatoms. The van der Waals surface area contributed by atoms with Gasteiger partial charge in [0, 0.05) is 35.1 Å². The van der Waals surface area contributed by atoms with Crippen LogP contribution >= 0.6 is 11.6 Å². The number of rotatable bonds is 4. The van der Waals surface area contributed by atoms with Gasteiger partial charge in [-0.3, -0.25) is 9.48 Å². The lowest BCUT2D eigenvalue weighted by Crippen LogP contribution is -2.13. The number of hydrogen-bond donors (Lipinski definition) is 2. The molecule has 0 aliphatic rings. The molecule has 150 valence electrons. The number of aromatic amines is 1. The predicted molar refractivity (Wildman–Crippen MR) is 116 cm³/mol. The number of aryl methyl sites for hydroxylation is 1. The number of ether oxygens (including phenoxy) is 1. The number of hydrogen-bond acceptors (Lipinski definition) is 5. The number of fused-ring (bicyclic) bond motifs is 1. The van der Waals surface area contributed by atoms with Crippen molar-refractivity contribution in [3.63, 3.8) is 0 Å². The molecule has 0 radical (unpaired) electrons. The molecule has 0 fully saturated rings. The maximum Gasteiger partial charge on any atom is 0.272 e. The molecule has 0 amide bonds. The monoisotopic (exact) mass is 420 g/mol. The van der Waals surface area contributed by atoms with E-state index in [2.05, 4.69) is 20.1 Å². The molecule has 0 saturated heterocycles. The van der Waals surface area contributed by atoms with Crippen molar-refractivity contribution in [3.05, 3.63) is 69.0 Å². The van der Waals surface area contributed by atoms with Gasteiger partial charge in [0.15, 0.2) is 0 Å². The van der Waals surface area contributed by atoms with Crippen LogP contribution in [-0.2, 0) is 13.6 Å². The molecule has 0 aliphatic carbocycles. The first-order valence-corrected chi connectivity index (χ1v) is 9.35. The van der Waals surface area contributed by atoms with E-state index in [9.17, 15) is 4.79 Å². The van der Waals surface area contributed by atoms with Gasteiger partial charge < -0.3 is 10.5 Å². The molecule has 2 aromatic carbocycles. The molecule has 4 aromatic rings. The molecule has 8 nitrogen and oxygen atoms in total. The van der Waals surface area contributed by atoms with Crippen molar-refractivity contribution in [3.8, 4) is 28.1 Å². The van der Waals surface area contributed by atoms with Crippen LogP contribution in [0.5, 0.6) is 5.75 Å². The number of methoxy groups -OCH3 is 1. The van der Waals surface area contributed by atoms with Crippen LogP contribution in [-0.4, -0.2) is 27.1 Å². The number of aromatic nitrogens is 4. The van der Waals surface area contributed by atoms with E-state index >= 15 is 0 Å². The quantitative estimate of drug-likeness (QED) is 0.490. The molecule has 3 N–H and O–H groups in total. The van der Waals surface area contributed by atoms with Crippen LogP contribution in [0.4, 0.5) is 5.69 Å². The summed E-state index contributed by atoms with van der Waals surface area (Å²) in [5.41, 5.74) is 9.34. The maximum atomic E-state index is 12.1. The normalized spacial score (nSPS) is 10.9. The Morgan fingerprint density at radius 3 is 2.77 bits per heavy atom. The molecule has 30 heavy (non-hydrogen) atoms. The Balaban J connectivity index is 2.01. The Morgan fingerprint density at radius 2 is 2.07 bits per heavy atom. The number of nitrogens with two attached hydrogens (primary N) is 1. The van der Waals surface area contributed by atoms with E-state index in [-0.39, 0.29) is 12.1 Å². The van der Waals surface area contributed by atoms with Gasteiger partial charge in [0.2, 0.25) is 5.69 Å². The summed E-state index contributed by atoms with van der Waals surface area (Å²) >= 11 is 6.29. The van der Waals surface area contributed by atoms with E-state index in [0.717, 1.165) is 11.1 Å². The molecule has 0 saturated carbocycles. The first-order chi connectivity index (χ1) is 14.5. The second-order valence-electron chi connectivity index (χ2n) is 6.61. The standard InChI is InChI=1S/C21H17ClN6O2/c1-24-19-15(7-12(22)8-18(19)30-3)20-16(10-25-28(20)2)11-4-5-13-14(6-11)17(9-23)26-27-21(13)29/h4-8,10H,9,23H2,2-3H3,(H,27,29). The van der Waals surface area contributed by atoms with E-state index in [0.29, 0.717) is 44.2 Å². The number of halogens is 1. The summed E-state index contributed by atoms with van der Waals surface area (Å²) in [5, 5.41) is 12.5. The summed E-state index contributed by atoms with van der Waals surface area (Å²) in [6.45, 7) is 7.83. The first kappa shape index (κ1) is 19.6. The van der Waals surface area contributed by atoms with E-state index in [1.165, 1.54) is 7.11 Å².